The lowest BCUT2D eigenvalue weighted by Crippen LogP contribution is -2.31. The highest BCUT2D eigenvalue weighted by Crippen LogP contribution is 2.25. The second kappa shape index (κ2) is 10.6. The zero-order valence-electron chi connectivity index (χ0n) is 19.1. The van der Waals surface area contributed by atoms with Crippen LogP contribution in [0, 0.1) is 11.3 Å². The first-order valence-corrected chi connectivity index (χ1v) is 11.0. The molecule has 0 saturated carbocycles. The molecule has 0 fully saturated rings. The molecule has 0 spiro atoms. The van der Waals surface area contributed by atoms with E-state index in [9.17, 15) is 14.4 Å². The molecule has 176 valence electrons. The smallest absolute Gasteiger partial charge is 0.261 e. The minimum absolute atomic E-state index is 0.219. The molecule has 0 saturated heterocycles. The van der Waals surface area contributed by atoms with E-state index < -0.39 is 11.8 Å². The van der Waals surface area contributed by atoms with Crippen molar-refractivity contribution < 1.29 is 23.9 Å². The molecular weight excluding hydrogens is 446 g/mol. The molecule has 0 atom stereocenters. The number of carbonyl (C=O) groups excluding carboxylic acids is 3. The molecule has 8 heteroatoms. The van der Waals surface area contributed by atoms with Gasteiger partial charge in [-0.05, 0) is 54.4 Å². The van der Waals surface area contributed by atoms with Crippen LogP contribution in [0.4, 0.5) is 5.69 Å². The molecule has 3 amide bonds. The van der Waals surface area contributed by atoms with E-state index in [1.54, 1.807) is 49.6 Å². The van der Waals surface area contributed by atoms with Gasteiger partial charge in [0.2, 0.25) is 0 Å². The van der Waals surface area contributed by atoms with Gasteiger partial charge in [0.05, 0.1) is 22.8 Å². The molecule has 1 aliphatic rings. The lowest BCUT2D eigenvalue weighted by Gasteiger charge is -2.12. The summed E-state index contributed by atoms with van der Waals surface area (Å²) in [5.41, 5.74) is 2.70. The first kappa shape index (κ1) is 23.7. The number of hydrogen-bond acceptors (Lipinski definition) is 6. The second-order valence-corrected chi connectivity index (χ2v) is 7.95. The highest BCUT2D eigenvalue weighted by Gasteiger charge is 2.35. The van der Waals surface area contributed by atoms with Crippen molar-refractivity contribution in [1.82, 2.24) is 4.90 Å². The molecule has 3 aromatic carbocycles. The summed E-state index contributed by atoms with van der Waals surface area (Å²) in [6.07, 6.45) is 0.539. The number of fused-ring (bicyclic) bond motifs is 1. The second-order valence-electron chi connectivity index (χ2n) is 7.95. The zero-order chi connectivity index (χ0) is 24.8. The van der Waals surface area contributed by atoms with E-state index in [0.717, 1.165) is 5.56 Å². The fourth-order valence-corrected chi connectivity index (χ4v) is 3.77. The van der Waals surface area contributed by atoms with Crippen molar-refractivity contribution in [2.45, 2.75) is 13.0 Å². The van der Waals surface area contributed by atoms with Crippen molar-refractivity contribution in [3.8, 4) is 11.8 Å². The Bertz CT molecular complexity index is 1330. The number of hydrogen-bond donors (Lipinski definition) is 1. The monoisotopic (exact) mass is 469 g/mol. The van der Waals surface area contributed by atoms with Crippen molar-refractivity contribution in [3.63, 3.8) is 0 Å². The van der Waals surface area contributed by atoms with E-state index in [4.69, 9.17) is 14.7 Å². The Morgan fingerprint density at radius 1 is 1.00 bits per heavy atom. The summed E-state index contributed by atoms with van der Waals surface area (Å²) >= 11 is 0. The minimum Gasteiger partial charge on any atom is -0.489 e. The summed E-state index contributed by atoms with van der Waals surface area (Å²) < 4.78 is 10.8. The lowest BCUT2D eigenvalue weighted by molar-refractivity contribution is 0.0638. The third kappa shape index (κ3) is 5.37. The van der Waals surface area contributed by atoms with Crippen LogP contribution in [0.15, 0.2) is 66.7 Å². The normalized spacial score (nSPS) is 12.3. The number of rotatable bonds is 9. The Hall–Kier alpha value is -4.48. The van der Waals surface area contributed by atoms with E-state index in [1.807, 2.05) is 6.07 Å². The van der Waals surface area contributed by atoms with Gasteiger partial charge in [0.15, 0.2) is 0 Å². The van der Waals surface area contributed by atoms with Gasteiger partial charge >= 0.3 is 0 Å². The number of ether oxygens (including phenoxy) is 2. The standard InChI is InChI=1S/C27H23N3O5/c1-34-12-4-11-30-26(32)23-10-9-20(14-24(23)27(30)33)25(31)29-21-7-3-8-22(15-21)35-17-19-6-2-5-18(13-19)16-28/h2-3,5-10,13-15H,4,11-12,17H2,1H3,(H,29,31). The Labute approximate surface area is 202 Å². The molecule has 4 rings (SSSR count). The number of amides is 3. The maximum atomic E-state index is 12.8. The first-order valence-electron chi connectivity index (χ1n) is 11.0. The maximum Gasteiger partial charge on any atom is 0.261 e. The number of anilines is 1. The fraction of sp³-hybridized carbons (Fsp3) is 0.185. The van der Waals surface area contributed by atoms with Crippen molar-refractivity contribution >= 4 is 23.4 Å². The van der Waals surface area contributed by atoms with Crippen molar-refractivity contribution in [3.05, 3.63) is 94.5 Å². The molecule has 35 heavy (non-hydrogen) atoms. The Kier molecular flexibility index (Phi) is 7.19. The zero-order valence-corrected chi connectivity index (χ0v) is 19.1. The van der Waals surface area contributed by atoms with Crippen molar-refractivity contribution in [2.24, 2.45) is 0 Å². The van der Waals surface area contributed by atoms with E-state index in [1.165, 1.54) is 23.1 Å². The Morgan fingerprint density at radius 3 is 2.60 bits per heavy atom. The van der Waals surface area contributed by atoms with Crippen LogP contribution in [0.2, 0.25) is 0 Å². The van der Waals surface area contributed by atoms with Gasteiger partial charge < -0.3 is 14.8 Å². The van der Waals surface area contributed by atoms with E-state index >= 15 is 0 Å². The Balaban J connectivity index is 1.42. The minimum atomic E-state index is -0.412. The van der Waals surface area contributed by atoms with Gasteiger partial charge in [-0.3, -0.25) is 19.3 Å². The molecule has 0 aliphatic carbocycles. The number of carbonyl (C=O) groups is 3. The van der Waals surface area contributed by atoms with Crippen LogP contribution in [-0.2, 0) is 11.3 Å². The summed E-state index contributed by atoms with van der Waals surface area (Å²) in [5.74, 6) is -0.638. The summed E-state index contributed by atoms with van der Waals surface area (Å²) in [5, 5.41) is 11.8. The summed E-state index contributed by atoms with van der Waals surface area (Å²) in [6, 6.07) is 20.6. The van der Waals surface area contributed by atoms with Crippen molar-refractivity contribution in [2.75, 3.05) is 25.6 Å². The number of imide groups is 1. The highest BCUT2D eigenvalue weighted by atomic mass is 16.5. The lowest BCUT2D eigenvalue weighted by atomic mass is 10.1. The van der Waals surface area contributed by atoms with Gasteiger partial charge in [-0.15, -0.1) is 0 Å². The van der Waals surface area contributed by atoms with E-state index in [2.05, 4.69) is 11.4 Å². The molecule has 3 aromatic rings. The van der Waals surface area contributed by atoms with Crippen LogP contribution in [-0.4, -0.2) is 42.9 Å². The van der Waals surface area contributed by atoms with Gasteiger partial charge in [-0.2, -0.15) is 5.26 Å². The van der Waals surface area contributed by atoms with Gasteiger partial charge in [-0.25, -0.2) is 0 Å². The number of nitrogens with one attached hydrogen (secondary N) is 1. The average Bonchev–Trinajstić information content (AvgIpc) is 3.12. The highest BCUT2D eigenvalue weighted by molar-refractivity contribution is 6.22. The van der Waals surface area contributed by atoms with Crippen LogP contribution in [0.25, 0.3) is 0 Å². The maximum absolute atomic E-state index is 12.8. The molecule has 0 unspecified atom stereocenters. The molecule has 1 aliphatic heterocycles. The molecular formula is C27H23N3O5. The first-order chi connectivity index (χ1) is 17.0. The average molecular weight is 469 g/mol. The molecule has 8 nitrogen and oxygen atoms in total. The number of nitrogens with zero attached hydrogens (tertiary/aromatic N) is 2. The van der Waals surface area contributed by atoms with Gasteiger partial charge in [-0.1, -0.05) is 18.2 Å². The summed E-state index contributed by atoms with van der Waals surface area (Å²) in [7, 11) is 1.56. The van der Waals surface area contributed by atoms with Crippen molar-refractivity contribution in [1.29, 1.82) is 5.26 Å². The summed E-state index contributed by atoms with van der Waals surface area (Å²) in [4.78, 5) is 39.3. The van der Waals surface area contributed by atoms with E-state index in [0.29, 0.717) is 35.6 Å². The van der Waals surface area contributed by atoms with Crippen LogP contribution in [0.5, 0.6) is 5.75 Å². The summed E-state index contributed by atoms with van der Waals surface area (Å²) in [6.45, 7) is 0.972. The fourth-order valence-electron chi connectivity index (χ4n) is 3.77. The molecule has 0 radical (unpaired) electrons. The number of methoxy groups -OCH3 is 1. The van der Waals surface area contributed by atoms with E-state index in [-0.39, 0.29) is 30.2 Å². The van der Waals surface area contributed by atoms with Crippen LogP contribution < -0.4 is 10.1 Å². The predicted molar refractivity (Wildman–Crippen MR) is 128 cm³/mol. The molecule has 0 bridgehead atoms. The van der Waals surface area contributed by atoms with Crippen LogP contribution in [0.3, 0.4) is 0 Å². The SMILES string of the molecule is COCCCN1C(=O)c2ccc(C(=O)Nc3cccc(OCc4cccc(C#N)c4)c3)cc2C1=O. The van der Waals surface area contributed by atoms with Gasteiger partial charge in [0, 0.05) is 37.6 Å². The van der Waals surface area contributed by atoms with Gasteiger partial charge in [0.25, 0.3) is 17.7 Å². The third-order valence-electron chi connectivity index (χ3n) is 5.52. The third-order valence-corrected chi connectivity index (χ3v) is 5.52. The van der Waals surface area contributed by atoms with Crippen LogP contribution >= 0.6 is 0 Å². The Morgan fingerprint density at radius 2 is 1.80 bits per heavy atom. The molecule has 0 aromatic heterocycles. The largest absolute Gasteiger partial charge is 0.489 e. The molecule has 1 heterocycles. The van der Waals surface area contributed by atoms with Crippen LogP contribution in [0.1, 0.15) is 48.6 Å². The van der Waals surface area contributed by atoms with Gasteiger partial charge in [0.1, 0.15) is 12.4 Å². The topological polar surface area (TPSA) is 109 Å². The number of nitriles is 1. The quantitative estimate of drug-likeness (QED) is 0.375. The number of benzene rings is 3. The predicted octanol–water partition coefficient (Wildman–Crippen LogP) is 4.02. The molecule has 1 N–H and O–H groups in total.